The Morgan fingerprint density at radius 1 is 1.32 bits per heavy atom. The lowest BCUT2D eigenvalue weighted by Crippen LogP contribution is -2.41. The van der Waals surface area contributed by atoms with Gasteiger partial charge in [-0.05, 0) is 5.92 Å². The molecule has 0 spiro atoms. The summed E-state index contributed by atoms with van der Waals surface area (Å²) < 4.78 is 0. The Hall–Kier alpha value is -1.43. The zero-order valence-electron chi connectivity index (χ0n) is 13.9. The number of rotatable bonds is 4. The summed E-state index contributed by atoms with van der Waals surface area (Å²) in [5.74, 6) is 0.968. The maximum atomic E-state index is 12.6. The summed E-state index contributed by atoms with van der Waals surface area (Å²) in [4.78, 5) is 30.3. The van der Waals surface area contributed by atoms with E-state index in [2.05, 4.69) is 38.0 Å². The number of carbonyl (C=O) groups is 2. The zero-order valence-corrected chi connectivity index (χ0v) is 14.7. The molecule has 22 heavy (non-hydrogen) atoms. The summed E-state index contributed by atoms with van der Waals surface area (Å²) in [6.07, 6.45) is 0. The van der Waals surface area contributed by atoms with Gasteiger partial charge in [-0.15, -0.1) is 11.3 Å². The molecule has 2 amide bonds. The maximum Gasteiger partial charge on any atom is 0.273 e. The van der Waals surface area contributed by atoms with Gasteiger partial charge in [0.1, 0.15) is 5.69 Å². The lowest BCUT2D eigenvalue weighted by Gasteiger charge is -2.21. The number of nitrogens with one attached hydrogen (secondary N) is 1. The molecule has 0 aromatic carbocycles. The molecular formula is C16H25N3O2S. The van der Waals surface area contributed by atoms with E-state index in [1.165, 1.54) is 18.3 Å². The van der Waals surface area contributed by atoms with Crippen molar-refractivity contribution in [2.45, 2.75) is 46.6 Å². The Bertz CT molecular complexity index is 553. The van der Waals surface area contributed by atoms with E-state index < -0.39 is 0 Å². The van der Waals surface area contributed by atoms with Crippen molar-refractivity contribution in [2.24, 2.45) is 11.8 Å². The normalized spacial score (nSPS) is 21.7. The summed E-state index contributed by atoms with van der Waals surface area (Å²) in [5.41, 5.74) is 0.527. The van der Waals surface area contributed by atoms with Gasteiger partial charge in [0.05, 0.1) is 11.0 Å². The van der Waals surface area contributed by atoms with Crippen molar-refractivity contribution in [3.63, 3.8) is 0 Å². The molecule has 1 saturated heterocycles. The van der Waals surface area contributed by atoms with Gasteiger partial charge < -0.3 is 10.2 Å². The Labute approximate surface area is 136 Å². The van der Waals surface area contributed by atoms with E-state index >= 15 is 0 Å². The molecule has 1 N–H and O–H groups in total. The molecule has 1 fully saturated rings. The van der Waals surface area contributed by atoms with Crippen molar-refractivity contribution in [1.82, 2.24) is 15.2 Å². The predicted molar refractivity (Wildman–Crippen MR) is 88.0 cm³/mol. The highest BCUT2D eigenvalue weighted by Gasteiger charge is 2.38. The summed E-state index contributed by atoms with van der Waals surface area (Å²) in [5, 5.41) is 5.81. The van der Waals surface area contributed by atoms with E-state index in [1.807, 2.05) is 10.3 Å². The van der Waals surface area contributed by atoms with Crippen molar-refractivity contribution in [3.05, 3.63) is 16.1 Å². The molecule has 1 aliphatic heterocycles. The fraction of sp³-hybridized carbons (Fsp3) is 0.688. The van der Waals surface area contributed by atoms with E-state index in [-0.39, 0.29) is 23.8 Å². The predicted octanol–water partition coefficient (Wildman–Crippen LogP) is 2.50. The van der Waals surface area contributed by atoms with Crippen LogP contribution in [0.3, 0.4) is 0 Å². The van der Waals surface area contributed by atoms with Crippen LogP contribution in [0.5, 0.6) is 0 Å². The Kier molecular flexibility index (Phi) is 5.21. The van der Waals surface area contributed by atoms with Crippen LogP contribution < -0.4 is 5.32 Å². The van der Waals surface area contributed by atoms with Crippen molar-refractivity contribution < 1.29 is 9.59 Å². The number of likely N-dealkylation sites (tertiary alicyclic amines) is 1. The molecule has 2 heterocycles. The van der Waals surface area contributed by atoms with Crippen LogP contribution >= 0.6 is 11.3 Å². The molecule has 1 aliphatic rings. The first-order chi connectivity index (χ1) is 10.3. The van der Waals surface area contributed by atoms with Crippen LogP contribution in [0.1, 0.15) is 56.0 Å². The quantitative estimate of drug-likeness (QED) is 0.926. The molecule has 2 atom stereocenters. The second-order valence-electron chi connectivity index (χ2n) is 6.65. The van der Waals surface area contributed by atoms with Gasteiger partial charge in [-0.25, -0.2) is 4.98 Å². The van der Waals surface area contributed by atoms with E-state index in [0.29, 0.717) is 30.6 Å². The average molecular weight is 323 g/mol. The molecule has 1 aromatic heterocycles. The molecule has 1 aromatic rings. The van der Waals surface area contributed by atoms with E-state index in [9.17, 15) is 9.59 Å². The minimum absolute atomic E-state index is 0.0262. The lowest BCUT2D eigenvalue weighted by atomic mass is 9.91. The van der Waals surface area contributed by atoms with Crippen LogP contribution in [-0.2, 0) is 4.79 Å². The minimum atomic E-state index is -0.0410. The Morgan fingerprint density at radius 2 is 2.00 bits per heavy atom. The van der Waals surface area contributed by atoms with E-state index in [0.717, 1.165) is 5.01 Å². The van der Waals surface area contributed by atoms with E-state index in [4.69, 9.17) is 0 Å². The van der Waals surface area contributed by atoms with E-state index in [1.54, 1.807) is 0 Å². The SMILES string of the molecule is CC(=O)N[C@@H]1CN(C(=O)c2csc(C(C)C)n2)C[C@H]1C(C)C. The first kappa shape index (κ1) is 16.9. The topological polar surface area (TPSA) is 62.3 Å². The number of thiazole rings is 1. The van der Waals surface area contributed by atoms with Gasteiger partial charge in [0.15, 0.2) is 0 Å². The number of aromatic nitrogens is 1. The molecule has 122 valence electrons. The van der Waals surface area contributed by atoms with Gasteiger partial charge in [0.25, 0.3) is 5.91 Å². The molecular weight excluding hydrogens is 298 g/mol. The standard InChI is InChI=1S/C16H25N3O2S/c1-9(2)12-6-19(7-13(12)17-11(5)20)16(21)14-8-22-15(18-14)10(3)4/h8-10,12-13H,6-7H2,1-5H3,(H,17,20)/t12-,13+/m0/s1. The van der Waals surface area contributed by atoms with Crippen molar-refractivity contribution >= 4 is 23.2 Å². The lowest BCUT2D eigenvalue weighted by molar-refractivity contribution is -0.119. The summed E-state index contributed by atoms with van der Waals surface area (Å²) in [6, 6.07) is 0.0321. The van der Waals surface area contributed by atoms with Crippen molar-refractivity contribution in [2.75, 3.05) is 13.1 Å². The third kappa shape index (κ3) is 3.66. The van der Waals surface area contributed by atoms with Gasteiger partial charge in [-0.3, -0.25) is 9.59 Å². The van der Waals surface area contributed by atoms with Crippen molar-refractivity contribution in [1.29, 1.82) is 0 Å². The van der Waals surface area contributed by atoms with Crippen LogP contribution in [0, 0.1) is 11.8 Å². The number of carbonyl (C=O) groups excluding carboxylic acids is 2. The van der Waals surface area contributed by atoms with Gasteiger partial charge in [0.2, 0.25) is 5.91 Å². The highest BCUT2D eigenvalue weighted by molar-refractivity contribution is 7.09. The summed E-state index contributed by atoms with van der Waals surface area (Å²) >= 11 is 1.53. The van der Waals surface area contributed by atoms with Gasteiger partial charge in [-0.1, -0.05) is 27.7 Å². The molecule has 5 nitrogen and oxygen atoms in total. The zero-order chi connectivity index (χ0) is 16.4. The van der Waals surface area contributed by atoms with Crippen LogP contribution in [0.4, 0.5) is 0 Å². The molecule has 0 unspecified atom stereocenters. The highest BCUT2D eigenvalue weighted by Crippen LogP contribution is 2.27. The first-order valence-corrected chi connectivity index (χ1v) is 8.69. The second-order valence-corrected chi connectivity index (χ2v) is 7.54. The number of amides is 2. The minimum Gasteiger partial charge on any atom is -0.351 e. The highest BCUT2D eigenvalue weighted by atomic mass is 32.1. The number of hydrogen-bond acceptors (Lipinski definition) is 4. The van der Waals surface area contributed by atoms with Gasteiger partial charge in [-0.2, -0.15) is 0 Å². The molecule has 0 saturated carbocycles. The monoisotopic (exact) mass is 323 g/mol. The maximum absolute atomic E-state index is 12.6. The van der Waals surface area contributed by atoms with Crippen LogP contribution in [0.2, 0.25) is 0 Å². The number of nitrogens with zero attached hydrogens (tertiary/aromatic N) is 2. The molecule has 6 heteroatoms. The average Bonchev–Trinajstić information content (AvgIpc) is 3.03. The summed E-state index contributed by atoms with van der Waals surface area (Å²) in [7, 11) is 0. The van der Waals surface area contributed by atoms with Crippen LogP contribution in [-0.4, -0.2) is 40.8 Å². The molecule has 0 aliphatic carbocycles. The fourth-order valence-electron chi connectivity index (χ4n) is 2.90. The fourth-order valence-corrected chi connectivity index (χ4v) is 3.71. The largest absolute Gasteiger partial charge is 0.351 e. The number of hydrogen-bond donors (Lipinski definition) is 1. The first-order valence-electron chi connectivity index (χ1n) is 7.81. The molecule has 0 bridgehead atoms. The molecule has 0 radical (unpaired) electrons. The van der Waals surface area contributed by atoms with Gasteiger partial charge >= 0.3 is 0 Å². The Morgan fingerprint density at radius 3 is 2.50 bits per heavy atom. The molecule has 2 rings (SSSR count). The second kappa shape index (κ2) is 6.77. The smallest absolute Gasteiger partial charge is 0.273 e. The van der Waals surface area contributed by atoms with Crippen LogP contribution in [0.15, 0.2) is 5.38 Å². The van der Waals surface area contributed by atoms with Crippen LogP contribution in [0.25, 0.3) is 0 Å². The van der Waals surface area contributed by atoms with Crippen molar-refractivity contribution in [3.8, 4) is 0 Å². The summed E-state index contributed by atoms with van der Waals surface area (Å²) in [6.45, 7) is 11.2. The van der Waals surface area contributed by atoms with Gasteiger partial charge in [0, 0.05) is 37.2 Å². The third-order valence-corrected chi connectivity index (χ3v) is 5.28. The Balaban J connectivity index is 2.11. The third-order valence-electron chi connectivity index (χ3n) is 4.13.